The molecule has 0 fully saturated rings. The zero-order valence-corrected chi connectivity index (χ0v) is 13.8. The summed E-state index contributed by atoms with van der Waals surface area (Å²) in [5.74, 6) is 0.808. The average Bonchev–Trinajstić information content (AvgIpc) is 3.26. The second kappa shape index (κ2) is 7.21. The molecule has 3 rings (SSSR count). The summed E-state index contributed by atoms with van der Waals surface area (Å²) in [5.41, 5.74) is 3.07. The van der Waals surface area contributed by atoms with Crippen molar-refractivity contribution in [3.63, 3.8) is 0 Å². The van der Waals surface area contributed by atoms with Crippen LogP contribution < -0.4 is 14.8 Å². The van der Waals surface area contributed by atoms with Crippen molar-refractivity contribution >= 4 is 33.7 Å². The van der Waals surface area contributed by atoms with E-state index in [0.717, 1.165) is 5.69 Å². The molecule has 0 aliphatic carbocycles. The molecule has 0 saturated heterocycles. The van der Waals surface area contributed by atoms with Crippen molar-refractivity contribution in [1.82, 2.24) is 9.97 Å². The molecule has 0 radical (unpaired) electrons. The Morgan fingerprint density at radius 2 is 2.22 bits per heavy atom. The van der Waals surface area contributed by atoms with Gasteiger partial charge in [-0.15, -0.1) is 22.7 Å². The summed E-state index contributed by atoms with van der Waals surface area (Å²) in [6.07, 6.45) is 1.64. The lowest BCUT2D eigenvalue weighted by atomic mass is 10.2. The SMILES string of the molecule is COc1cc(C(=O)Nc2nccs2)ccc1OCc1cscn1. The Morgan fingerprint density at radius 1 is 1.30 bits per heavy atom. The van der Waals surface area contributed by atoms with Crippen molar-refractivity contribution in [2.24, 2.45) is 0 Å². The van der Waals surface area contributed by atoms with Crippen LogP contribution in [0, 0.1) is 0 Å². The lowest BCUT2D eigenvalue weighted by molar-refractivity contribution is 0.102. The van der Waals surface area contributed by atoms with Crippen molar-refractivity contribution in [2.45, 2.75) is 6.61 Å². The number of nitrogens with one attached hydrogen (secondary N) is 1. The van der Waals surface area contributed by atoms with Gasteiger partial charge in [0.15, 0.2) is 16.6 Å². The van der Waals surface area contributed by atoms with Crippen LogP contribution in [0.1, 0.15) is 16.1 Å². The molecule has 0 aliphatic rings. The van der Waals surface area contributed by atoms with E-state index in [1.807, 2.05) is 5.38 Å². The maximum Gasteiger partial charge on any atom is 0.257 e. The maximum absolute atomic E-state index is 12.2. The Balaban J connectivity index is 1.72. The minimum atomic E-state index is -0.246. The number of nitrogens with zero attached hydrogens (tertiary/aromatic N) is 2. The van der Waals surface area contributed by atoms with Crippen molar-refractivity contribution in [2.75, 3.05) is 12.4 Å². The minimum absolute atomic E-state index is 0.246. The Morgan fingerprint density at radius 3 is 2.91 bits per heavy atom. The summed E-state index contributed by atoms with van der Waals surface area (Å²) in [4.78, 5) is 20.4. The molecule has 0 unspecified atom stereocenters. The molecule has 0 atom stereocenters. The number of hydrogen-bond acceptors (Lipinski definition) is 7. The number of carbonyl (C=O) groups excluding carboxylic acids is 1. The second-order valence-corrected chi connectivity index (χ2v) is 6.04. The summed E-state index contributed by atoms with van der Waals surface area (Å²) in [6, 6.07) is 5.03. The monoisotopic (exact) mass is 347 g/mol. The molecule has 118 valence electrons. The molecule has 2 heterocycles. The molecule has 23 heavy (non-hydrogen) atoms. The maximum atomic E-state index is 12.2. The number of thiazole rings is 2. The summed E-state index contributed by atoms with van der Waals surface area (Å²) in [5, 5.41) is 7.00. The second-order valence-electron chi connectivity index (χ2n) is 4.43. The zero-order valence-electron chi connectivity index (χ0n) is 12.2. The van der Waals surface area contributed by atoms with Crippen LogP contribution in [-0.4, -0.2) is 23.0 Å². The number of aromatic nitrogens is 2. The molecule has 2 aromatic heterocycles. The molecule has 0 aliphatic heterocycles. The van der Waals surface area contributed by atoms with Gasteiger partial charge in [-0.05, 0) is 18.2 Å². The molecule has 0 saturated carbocycles. The van der Waals surface area contributed by atoms with Crippen molar-refractivity contribution in [3.05, 3.63) is 51.9 Å². The first kappa shape index (κ1) is 15.4. The van der Waals surface area contributed by atoms with Crippen LogP contribution in [-0.2, 0) is 6.61 Å². The highest BCUT2D eigenvalue weighted by atomic mass is 32.1. The van der Waals surface area contributed by atoms with Gasteiger partial charge < -0.3 is 9.47 Å². The number of methoxy groups -OCH3 is 1. The van der Waals surface area contributed by atoms with Crippen LogP contribution >= 0.6 is 22.7 Å². The number of amides is 1. The zero-order chi connectivity index (χ0) is 16.1. The van der Waals surface area contributed by atoms with E-state index >= 15 is 0 Å². The van der Waals surface area contributed by atoms with Crippen LogP contribution in [0.4, 0.5) is 5.13 Å². The van der Waals surface area contributed by atoms with E-state index in [-0.39, 0.29) is 5.91 Å². The lowest BCUT2D eigenvalue weighted by Gasteiger charge is -2.11. The van der Waals surface area contributed by atoms with Gasteiger partial charge in [0.2, 0.25) is 0 Å². The van der Waals surface area contributed by atoms with Gasteiger partial charge in [-0.25, -0.2) is 9.97 Å². The van der Waals surface area contributed by atoms with Crippen LogP contribution in [0.15, 0.2) is 40.7 Å². The molecular formula is C15H13N3O3S2. The third-order valence-corrected chi connectivity index (χ3v) is 4.26. The fraction of sp³-hybridized carbons (Fsp3) is 0.133. The molecule has 1 N–H and O–H groups in total. The van der Waals surface area contributed by atoms with Crippen molar-refractivity contribution in [3.8, 4) is 11.5 Å². The topological polar surface area (TPSA) is 73.3 Å². The van der Waals surface area contributed by atoms with Crippen LogP contribution in [0.25, 0.3) is 0 Å². The number of rotatable bonds is 6. The number of hydrogen-bond donors (Lipinski definition) is 1. The highest BCUT2D eigenvalue weighted by Crippen LogP contribution is 2.29. The van der Waals surface area contributed by atoms with Crippen LogP contribution in [0.2, 0.25) is 0 Å². The molecule has 0 spiro atoms. The number of carbonyl (C=O) groups is 1. The molecule has 1 aromatic carbocycles. The molecule has 0 bridgehead atoms. The molecule has 6 nitrogen and oxygen atoms in total. The number of benzene rings is 1. The highest BCUT2D eigenvalue weighted by molar-refractivity contribution is 7.13. The standard InChI is InChI=1S/C15H13N3O3S2/c1-20-13-6-10(14(19)18-15-16-4-5-23-15)2-3-12(13)21-7-11-8-22-9-17-11/h2-6,8-9H,7H2,1H3,(H,16,18,19). The lowest BCUT2D eigenvalue weighted by Crippen LogP contribution is -2.12. The fourth-order valence-corrected chi connectivity index (χ4v) is 2.91. The predicted octanol–water partition coefficient (Wildman–Crippen LogP) is 3.44. The highest BCUT2D eigenvalue weighted by Gasteiger charge is 2.12. The smallest absolute Gasteiger partial charge is 0.257 e. The Labute approximate surface area is 140 Å². The molecule has 3 aromatic rings. The van der Waals surface area contributed by atoms with E-state index in [1.54, 1.807) is 35.3 Å². The van der Waals surface area contributed by atoms with Gasteiger partial charge in [0, 0.05) is 22.5 Å². The van der Waals surface area contributed by atoms with Crippen molar-refractivity contribution < 1.29 is 14.3 Å². The van der Waals surface area contributed by atoms with Gasteiger partial charge in [0.1, 0.15) is 6.61 Å². The normalized spacial score (nSPS) is 10.3. The minimum Gasteiger partial charge on any atom is -0.493 e. The Hall–Kier alpha value is -2.45. The largest absolute Gasteiger partial charge is 0.493 e. The van der Waals surface area contributed by atoms with Crippen molar-refractivity contribution in [1.29, 1.82) is 0 Å². The average molecular weight is 347 g/mol. The van der Waals surface area contributed by atoms with E-state index in [1.165, 1.54) is 29.8 Å². The van der Waals surface area contributed by atoms with Gasteiger partial charge in [0.25, 0.3) is 5.91 Å². The number of anilines is 1. The summed E-state index contributed by atoms with van der Waals surface area (Å²) in [6.45, 7) is 0.352. The first-order chi connectivity index (χ1) is 11.3. The predicted molar refractivity (Wildman–Crippen MR) is 89.5 cm³/mol. The van der Waals surface area contributed by atoms with Gasteiger partial charge in [-0.2, -0.15) is 0 Å². The van der Waals surface area contributed by atoms with Crippen LogP contribution in [0.5, 0.6) is 11.5 Å². The Kier molecular flexibility index (Phi) is 4.84. The van der Waals surface area contributed by atoms with E-state index in [0.29, 0.717) is 28.8 Å². The van der Waals surface area contributed by atoms with E-state index in [2.05, 4.69) is 15.3 Å². The van der Waals surface area contributed by atoms with Gasteiger partial charge in [0.05, 0.1) is 18.3 Å². The Bertz CT molecular complexity index is 773. The van der Waals surface area contributed by atoms with Crippen LogP contribution in [0.3, 0.4) is 0 Å². The summed E-state index contributed by atoms with van der Waals surface area (Å²) in [7, 11) is 1.54. The van der Waals surface area contributed by atoms with E-state index < -0.39 is 0 Å². The van der Waals surface area contributed by atoms with Gasteiger partial charge in [-0.3, -0.25) is 10.1 Å². The van der Waals surface area contributed by atoms with Gasteiger partial charge >= 0.3 is 0 Å². The third kappa shape index (κ3) is 3.85. The number of ether oxygens (including phenoxy) is 2. The summed E-state index contributed by atoms with van der Waals surface area (Å²) >= 11 is 2.87. The third-order valence-electron chi connectivity index (χ3n) is 2.94. The molecule has 1 amide bonds. The fourth-order valence-electron chi connectivity index (χ4n) is 1.84. The van der Waals surface area contributed by atoms with E-state index in [4.69, 9.17) is 9.47 Å². The first-order valence-electron chi connectivity index (χ1n) is 6.65. The first-order valence-corrected chi connectivity index (χ1v) is 8.47. The summed E-state index contributed by atoms with van der Waals surface area (Å²) < 4.78 is 11.0. The van der Waals surface area contributed by atoms with Gasteiger partial charge in [-0.1, -0.05) is 0 Å². The molecule has 8 heteroatoms. The van der Waals surface area contributed by atoms with E-state index in [9.17, 15) is 4.79 Å². The quantitative estimate of drug-likeness (QED) is 0.739. The molecular weight excluding hydrogens is 334 g/mol.